The quantitative estimate of drug-likeness (QED) is 0.557. The van der Waals surface area contributed by atoms with Crippen molar-refractivity contribution in [1.29, 1.82) is 0 Å². The van der Waals surface area contributed by atoms with Crippen molar-refractivity contribution in [2.45, 2.75) is 6.61 Å². The molecule has 1 aliphatic rings. The van der Waals surface area contributed by atoms with E-state index in [1.54, 1.807) is 6.07 Å². The maximum absolute atomic E-state index is 12.5. The highest BCUT2D eigenvalue weighted by molar-refractivity contribution is 7.17. The maximum atomic E-state index is 12.5. The largest absolute Gasteiger partial charge is 0.488 e. The fourth-order valence-electron chi connectivity index (χ4n) is 2.70. The van der Waals surface area contributed by atoms with Crippen LogP contribution in [-0.4, -0.2) is 10.8 Å². The fraction of sp³-hybridized carbons (Fsp3) is 0.0556. The molecule has 0 spiro atoms. The Morgan fingerprint density at radius 1 is 1.16 bits per heavy atom. The average molecular weight is 352 g/mol. The smallest absolute Gasteiger partial charge is 0.271 e. The Bertz CT molecular complexity index is 996. The molecule has 4 rings (SSSR count). The Morgan fingerprint density at radius 2 is 2.00 bits per heavy atom. The minimum atomic E-state index is -0.492. The molecule has 0 atom stereocenters. The van der Waals surface area contributed by atoms with E-state index < -0.39 is 4.92 Å². The zero-order valence-electron chi connectivity index (χ0n) is 12.9. The number of hydrogen-bond donors (Lipinski definition) is 1. The van der Waals surface area contributed by atoms with Crippen molar-refractivity contribution < 1.29 is 14.5 Å². The van der Waals surface area contributed by atoms with Gasteiger partial charge >= 0.3 is 0 Å². The summed E-state index contributed by atoms with van der Waals surface area (Å²) in [6.45, 7) is 0.424. The first kappa shape index (κ1) is 15.3. The summed E-state index contributed by atoms with van der Waals surface area (Å²) in [5.74, 6) is 0.514. The summed E-state index contributed by atoms with van der Waals surface area (Å²) in [5.41, 5.74) is 2.27. The molecule has 1 aromatic heterocycles. The molecule has 0 radical (unpaired) electrons. The van der Waals surface area contributed by atoms with Gasteiger partial charge in [0, 0.05) is 33.8 Å². The van der Waals surface area contributed by atoms with E-state index in [2.05, 4.69) is 5.32 Å². The summed E-state index contributed by atoms with van der Waals surface area (Å²) in [4.78, 5) is 24.4. The molecule has 0 bridgehead atoms. The molecule has 7 heteroatoms. The van der Waals surface area contributed by atoms with Crippen LogP contribution in [0.15, 0.2) is 54.6 Å². The van der Waals surface area contributed by atoms with Crippen molar-refractivity contribution in [3.05, 3.63) is 75.2 Å². The second kappa shape index (κ2) is 6.03. The zero-order valence-corrected chi connectivity index (χ0v) is 13.7. The zero-order chi connectivity index (χ0) is 17.4. The molecule has 0 unspecified atom stereocenters. The predicted molar refractivity (Wildman–Crippen MR) is 95.1 cm³/mol. The van der Waals surface area contributed by atoms with Gasteiger partial charge in [0.2, 0.25) is 0 Å². The molecular formula is C18H12N2O4S. The van der Waals surface area contributed by atoms with Crippen molar-refractivity contribution in [3.63, 3.8) is 0 Å². The lowest BCUT2D eigenvalue weighted by molar-refractivity contribution is -0.384. The van der Waals surface area contributed by atoms with Gasteiger partial charge in [0.1, 0.15) is 12.4 Å². The number of rotatable bonds is 3. The Hall–Kier alpha value is -3.19. The van der Waals surface area contributed by atoms with Crippen LogP contribution in [-0.2, 0) is 6.61 Å². The lowest BCUT2D eigenvalue weighted by Gasteiger charge is -2.16. The number of nitrogens with one attached hydrogen (secondary N) is 1. The van der Waals surface area contributed by atoms with Crippen molar-refractivity contribution in [2.24, 2.45) is 0 Å². The molecule has 1 N–H and O–H groups in total. The van der Waals surface area contributed by atoms with Crippen molar-refractivity contribution in [1.82, 2.24) is 0 Å². The van der Waals surface area contributed by atoms with Gasteiger partial charge < -0.3 is 10.1 Å². The van der Waals surface area contributed by atoms with Crippen LogP contribution in [0.2, 0.25) is 0 Å². The van der Waals surface area contributed by atoms with Gasteiger partial charge in [-0.3, -0.25) is 14.9 Å². The molecule has 1 amide bonds. The van der Waals surface area contributed by atoms with Gasteiger partial charge in [-0.1, -0.05) is 18.2 Å². The summed E-state index contributed by atoms with van der Waals surface area (Å²) in [7, 11) is 0. The standard InChI is InChI=1S/C18H12N2O4S/c21-18(19-12-4-3-5-13(9-12)20(22)23)16-8-11-10-24-15-7-2-1-6-14(15)17(11)25-16/h1-9H,10H2,(H,19,21). The minimum Gasteiger partial charge on any atom is -0.488 e. The second-order valence-electron chi connectivity index (χ2n) is 5.51. The Balaban J connectivity index is 1.62. The number of carbonyl (C=O) groups is 1. The number of fused-ring (bicyclic) bond motifs is 3. The molecule has 2 heterocycles. The number of nitro benzene ring substituents is 1. The van der Waals surface area contributed by atoms with Crippen LogP contribution in [0.1, 0.15) is 15.2 Å². The maximum Gasteiger partial charge on any atom is 0.271 e. The number of amides is 1. The van der Waals surface area contributed by atoms with Crippen molar-refractivity contribution in [3.8, 4) is 16.2 Å². The lowest BCUT2D eigenvalue weighted by atomic mass is 10.1. The molecule has 0 saturated carbocycles. The molecule has 6 nitrogen and oxygen atoms in total. The number of hydrogen-bond acceptors (Lipinski definition) is 5. The molecule has 0 aliphatic carbocycles. The van der Waals surface area contributed by atoms with Gasteiger partial charge in [0.15, 0.2) is 0 Å². The normalized spacial score (nSPS) is 11.8. The van der Waals surface area contributed by atoms with Gasteiger partial charge in [0.25, 0.3) is 11.6 Å². The predicted octanol–water partition coefficient (Wildman–Crippen LogP) is 4.47. The Kier molecular flexibility index (Phi) is 3.70. The van der Waals surface area contributed by atoms with E-state index in [9.17, 15) is 14.9 Å². The van der Waals surface area contributed by atoms with E-state index in [0.717, 1.165) is 21.8 Å². The monoisotopic (exact) mass is 352 g/mol. The number of nitrogens with zero attached hydrogens (tertiary/aromatic N) is 1. The van der Waals surface area contributed by atoms with Gasteiger partial charge in [-0.2, -0.15) is 0 Å². The van der Waals surface area contributed by atoms with Crippen molar-refractivity contribution in [2.75, 3.05) is 5.32 Å². The van der Waals surface area contributed by atoms with E-state index in [1.807, 2.05) is 30.3 Å². The number of thiophene rings is 1. The molecule has 25 heavy (non-hydrogen) atoms. The molecule has 0 fully saturated rings. The number of carbonyl (C=O) groups excluding carboxylic acids is 1. The van der Waals surface area contributed by atoms with E-state index in [0.29, 0.717) is 17.2 Å². The van der Waals surface area contributed by atoms with E-state index in [1.165, 1.54) is 29.5 Å². The summed E-state index contributed by atoms with van der Waals surface area (Å²) in [6.07, 6.45) is 0. The van der Waals surface area contributed by atoms with Crippen LogP contribution in [0.4, 0.5) is 11.4 Å². The summed E-state index contributed by atoms with van der Waals surface area (Å²) in [6, 6.07) is 15.4. The van der Waals surface area contributed by atoms with E-state index in [-0.39, 0.29) is 11.6 Å². The first-order chi connectivity index (χ1) is 12.1. The third-order valence-electron chi connectivity index (χ3n) is 3.86. The molecule has 1 aliphatic heterocycles. The van der Waals surface area contributed by atoms with E-state index >= 15 is 0 Å². The average Bonchev–Trinajstić information content (AvgIpc) is 3.07. The van der Waals surface area contributed by atoms with Gasteiger partial charge in [-0.15, -0.1) is 11.3 Å². The van der Waals surface area contributed by atoms with E-state index in [4.69, 9.17) is 4.74 Å². The fourth-order valence-corrected chi connectivity index (χ4v) is 3.79. The third-order valence-corrected chi connectivity index (χ3v) is 5.07. The van der Waals surface area contributed by atoms with Gasteiger partial charge in [-0.05, 0) is 24.3 Å². The number of non-ortho nitro benzene ring substituents is 1. The van der Waals surface area contributed by atoms with Crippen LogP contribution in [0, 0.1) is 10.1 Å². The first-order valence-electron chi connectivity index (χ1n) is 7.52. The summed E-state index contributed by atoms with van der Waals surface area (Å²) >= 11 is 1.39. The van der Waals surface area contributed by atoms with Gasteiger partial charge in [-0.25, -0.2) is 0 Å². The minimum absolute atomic E-state index is 0.0643. The first-order valence-corrected chi connectivity index (χ1v) is 8.34. The summed E-state index contributed by atoms with van der Waals surface area (Å²) in [5, 5.41) is 13.6. The molecule has 2 aromatic carbocycles. The highest BCUT2D eigenvalue weighted by Gasteiger charge is 2.22. The van der Waals surface area contributed by atoms with Crippen LogP contribution in [0.3, 0.4) is 0 Å². The highest BCUT2D eigenvalue weighted by Crippen LogP contribution is 2.42. The molecule has 3 aromatic rings. The van der Waals surface area contributed by atoms with Crippen LogP contribution >= 0.6 is 11.3 Å². The van der Waals surface area contributed by atoms with Crippen LogP contribution in [0.5, 0.6) is 5.75 Å². The van der Waals surface area contributed by atoms with Crippen LogP contribution < -0.4 is 10.1 Å². The lowest BCUT2D eigenvalue weighted by Crippen LogP contribution is -2.10. The number of benzene rings is 2. The Labute approximate surface area is 146 Å². The van der Waals surface area contributed by atoms with Gasteiger partial charge in [0.05, 0.1) is 9.80 Å². The second-order valence-corrected chi connectivity index (χ2v) is 6.56. The number of nitro groups is 1. The SMILES string of the molecule is O=C(Nc1cccc([N+](=O)[O-])c1)c1cc2c(s1)-c1ccccc1OC2. The van der Waals surface area contributed by atoms with Crippen LogP contribution in [0.25, 0.3) is 10.4 Å². The molecule has 0 saturated heterocycles. The third kappa shape index (κ3) is 2.85. The number of anilines is 1. The summed E-state index contributed by atoms with van der Waals surface area (Å²) < 4.78 is 5.70. The Morgan fingerprint density at radius 3 is 2.84 bits per heavy atom. The highest BCUT2D eigenvalue weighted by atomic mass is 32.1. The topological polar surface area (TPSA) is 81.5 Å². The van der Waals surface area contributed by atoms with Crippen molar-refractivity contribution >= 4 is 28.6 Å². The number of para-hydroxylation sites is 1. The molecule has 124 valence electrons. The molecular weight excluding hydrogens is 340 g/mol. The number of ether oxygens (including phenoxy) is 1.